The summed E-state index contributed by atoms with van der Waals surface area (Å²) < 4.78 is 32.3. The van der Waals surface area contributed by atoms with Gasteiger partial charge in [-0.15, -0.1) is 11.3 Å². The Kier molecular flexibility index (Phi) is 4.10. The van der Waals surface area contributed by atoms with E-state index in [9.17, 15) is 8.42 Å². The van der Waals surface area contributed by atoms with Crippen LogP contribution in [0.25, 0.3) is 0 Å². The highest BCUT2D eigenvalue weighted by Gasteiger charge is 2.33. The molecule has 0 amide bonds. The molecule has 2 aromatic rings. The molecule has 3 rings (SSSR count). The summed E-state index contributed by atoms with van der Waals surface area (Å²) in [6.45, 7) is 2.92. The van der Waals surface area contributed by atoms with Crippen LogP contribution in [0.5, 0.6) is 0 Å². The molecule has 2 aromatic heterocycles. The zero-order chi connectivity index (χ0) is 14.9. The molecule has 21 heavy (non-hydrogen) atoms. The van der Waals surface area contributed by atoms with Crippen molar-refractivity contribution in [3.63, 3.8) is 0 Å². The van der Waals surface area contributed by atoms with Crippen molar-refractivity contribution in [2.24, 2.45) is 0 Å². The average molecular weight is 327 g/mol. The lowest BCUT2D eigenvalue weighted by Crippen LogP contribution is -2.38. The Morgan fingerprint density at radius 2 is 2.38 bits per heavy atom. The highest BCUT2D eigenvalue weighted by molar-refractivity contribution is 7.91. The zero-order valence-electron chi connectivity index (χ0n) is 11.7. The maximum absolute atomic E-state index is 12.6. The van der Waals surface area contributed by atoms with Gasteiger partial charge in [0.15, 0.2) is 5.82 Å². The van der Waals surface area contributed by atoms with E-state index in [0.717, 1.165) is 12.8 Å². The van der Waals surface area contributed by atoms with Crippen LogP contribution in [-0.4, -0.2) is 36.0 Å². The van der Waals surface area contributed by atoms with Gasteiger partial charge in [-0.3, -0.25) is 0 Å². The summed E-state index contributed by atoms with van der Waals surface area (Å²) in [5.41, 5.74) is 0. The molecule has 0 saturated carbocycles. The van der Waals surface area contributed by atoms with Gasteiger partial charge in [-0.1, -0.05) is 18.1 Å². The number of piperidine rings is 1. The van der Waals surface area contributed by atoms with E-state index in [4.69, 9.17) is 4.52 Å². The number of rotatable bonds is 4. The van der Waals surface area contributed by atoms with Crippen molar-refractivity contribution in [1.29, 1.82) is 0 Å². The fraction of sp³-hybridized carbons (Fsp3) is 0.538. The van der Waals surface area contributed by atoms with E-state index in [0.29, 0.717) is 35.4 Å². The van der Waals surface area contributed by atoms with Crippen LogP contribution in [0.15, 0.2) is 26.2 Å². The van der Waals surface area contributed by atoms with Gasteiger partial charge in [-0.25, -0.2) is 8.42 Å². The second kappa shape index (κ2) is 5.86. The first-order valence-electron chi connectivity index (χ1n) is 6.97. The minimum absolute atomic E-state index is 0.0127. The molecule has 1 saturated heterocycles. The predicted molar refractivity (Wildman–Crippen MR) is 78.7 cm³/mol. The molecule has 0 aliphatic carbocycles. The van der Waals surface area contributed by atoms with Crippen LogP contribution in [0.3, 0.4) is 0 Å². The zero-order valence-corrected chi connectivity index (χ0v) is 13.4. The molecule has 6 nitrogen and oxygen atoms in total. The normalized spacial score (nSPS) is 20.7. The minimum Gasteiger partial charge on any atom is -0.339 e. The van der Waals surface area contributed by atoms with Crippen LogP contribution < -0.4 is 0 Å². The van der Waals surface area contributed by atoms with E-state index in [1.807, 2.05) is 6.92 Å². The van der Waals surface area contributed by atoms with Gasteiger partial charge in [0.1, 0.15) is 4.21 Å². The molecule has 1 aliphatic heterocycles. The van der Waals surface area contributed by atoms with Gasteiger partial charge in [0, 0.05) is 19.5 Å². The molecule has 1 fully saturated rings. The van der Waals surface area contributed by atoms with Crippen molar-refractivity contribution in [1.82, 2.24) is 14.4 Å². The average Bonchev–Trinajstić information content (AvgIpc) is 3.19. The SMILES string of the molecule is CCc1noc([C@@H]2CCCN(S(=O)(=O)c3cccs3)C2)n1. The Morgan fingerprint density at radius 1 is 1.52 bits per heavy atom. The van der Waals surface area contributed by atoms with Crippen molar-refractivity contribution < 1.29 is 12.9 Å². The lowest BCUT2D eigenvalue weighted by molar-refractivity contribution is 0.265. The number of nitrogens with zero attached hydrogens (tertiary/aromatic N) is 3. The molecule has 1 aliphatic rings. The van der Waals surface area contributed by atoms with Gasteiger partial charge >= 0.3 is 0 Å². The molecular formula is C13H17N3O3S2. The third kappa shape index (κ3) is 2.88. The van der Waals surface area contributed by atoms with Crippen molar-refractivity contribution >= 4 is 21.4 Å². The summed E-state index contributed by atoms with van der Waals surface area (Å²) in [6.07, 6.45) is 2.40. The number of hydrogen-bond donors (Lipinski definition) is 0. The van der Waals surface area contributed by atoms with Crippen molar-refractivity contribution in [3.05, 3.63) is 29.2 Å². The lowest BCUT2D eigenvalue weighted by atomic mass is 10.00. The molecule has 3 heterocycles. The molecule has 0 aromatic carbocycles. The van der Waals surface area contributed by atoms with Crippen LogP contribution in [0.4, 0.5) is 0 Å². The molecule has 0 bridgehead atoms. The van der Waals surface area contributed by atoms with Crippen LogP contribution in [-0.2, 0) is 16.4 Å². The lowest BCUT2D eigenvalue weighted by Gasteiger charge is -2.29. The molecule has 114 valence electrons. The smallest absolute Gasteiger partial charge is 0.252 e. The Labute approximate surface area is 127 Å². The summed E-state index contributed by atoms with van der Waals surface area (Å²) in [6, 6.07) is 3.40. The van der Waals surface area contributed by atoms with Gasteiger partial charge in [0.25, 0.3) is 10.0 Å². The maximum Gasteiger partial charge on any atom is 0.252 e. The fourth-order valence-corrected chi connectivity index (χ4v) is 5.15. The third-order valence-electron chi connectivity index (χ3n) is 3.62. The molecule has 0 unspecified atom stereocenters. The van der Waals surface area contributed by atoms with Gasteiger partial charge in [-0.05, 0) is 24.3 Å². The number of aromatic nitrogens is 2. The summed E-state index contributed by atoms with van der Waals surface area (Å²) in [5.74, 6) is 1.21. The first kappa shape index (κ1) is 14.7. The second-order valence-corrected chi connectivity index (χ2v) is 8.15. The first-order valence-corrected chi connectivity index (χ1v) is 9.29. The van der Waals surface area contributed by atoms with Crippen molar-refractivity contribution in [3.8, 4) is 0 Å². The number of hydrogen-bond acceptors (Lipinski definition) is 6. The van der Waals surface area contributed by atoms with Crippen molar-refractivity contribution in [2.45, 2.75) is 36.3 Å². The largest absolute Gasteiger partial charge is 0.339 e. The summed E-state index contributed by atoms with van der Waals surface area (Å²) in [4.78, 5) is 4.33. The third-order valence-corrected chi connectivity index (χ3v) is 6.86. The quantitative estimate of drug-likeness (QED) is 0.861. The van der Waals surface area contributed by atoms with Crippen LogP contribution in [0, 0.1) is 0 Å². The summed E-state index contributed by atoms with van der Waals surface area (Å²) >= 11 is 1.25. The van der Waals surface area contributed by atoms with Gasteiger partial charge < -0.3 is 4.52 Å². The Morgan fingerprint density at radius 3 is 3.05 bits per heavy atom. The minimum atomic E-state index is -3.40. The molecule has 1 atom stereocenters. The Hall–Kier alpha value is -1.25. The second-order valence-electron chi connectivity index (χ2n) is 5.04. The van der Waals surface area contributed by atoms with Gasteiger partial charge in [0.2, 0.25) is 5.89 Å². The van der Waals surface area contributed by atoms with Gasteiger partial charge in [0.05, 0.1) is 5.92 Å². The highest BCUT2D eigenvalue weighted by Crippen LogP contribution is 2.30. The van der Waals surface area contributed by atoms with E-state index < -0.39 is 10.0 Å². The maximum atomic E-state index is 12.6. The Balaban J connectivity index is 1.80. The van der Waals surface area contributed by atoms with Gasteiger partial charge in [-0.2, -0.15) is 9.29 Å². The Bertz CT molecular complexity index is 694. The van der Waals surface area contributed by atoms with Crippen LogP contribution >= 0.6 is 11.3 Å². The number of aryl methyl sites for hydroxylation is 1. The number of sulfonamides is 1. The summed E-state index contributed by atoms with van der Waals surface area (Å²) in [7, 11) is -3.40. The molecule has 0 spiro atoms. The van der Waals surface area contributed by atoms with Crippen molar-refractivity contribution in [2.75, 3.05) is 13.1 Å². The van der Waals surface area contributed by atoms with E-state index in [1.165, 1.54) is 15.6 Å². The standard InChI is InChI=1S/C13H17N3O3S2/c1-2-11-14-13(19-15-11)10-5-3-7-16(9-10)21(17,18)12-6-4-8-20-12/h4,6,8,10H,2-3,5,7,9H2,1H3/t10-/m1/s1. The van der Waals surface area contributed by atoms with E-state index >= 15 is 0 Å². The highest BCUT2D eigenvalue weighted by atomic mass is 32.2. The monoisotopic (exact) mass is 327 g/mol. The molecule has 0 N–H and O–H groups in total. The van der Waals surface area contributed by atoms with E-state index in [-0.39, 0.29) is 5.92 Å². The van der Waals surface area contributed by atoms with E-state index in [1.54, 1.807) is 17.5 Å². The fourth-order valence-electron chi connectivity index (χ4n) is 2.48. The number of thiophene rings is 1. The molecule has 0 radical (unpaired) electrons. The van der Waals surface area contributed by atoms with Crippen LogP contribution in [0.2, 0.25) is 0 Å². The molecule has 8 heteroatoms. The van der Waals surface area contributed by atoms with Crippen LogP contribution in [0.1, 0.15) is 37.4 Å². The topological polar surface area (TPSA) is 76.3 Å². The first-order chi connectivity index (χ1) is 10.1. The summed E-state index contributed by atoms with van der Waals surface area (Å²) in [5, 5.41) is 5.67. The van der Waals surface area contributed by atoms with E-state index in [2.05, 4.69) is 10.1 Å². The molecular weight excluding hydrogens is 310 g/mol. The predicted octanol–water partition coefficient (Wildman–Crippen LogP) is 2.26.